The SMILES string of the molecule is COC1=NN(C)C(=O)C(C)(C)C2C(C)(C)N=NC12S(=O)(=O)c1ccccc1. The van der Waals surface area contributed by atoms with Gasteiger partial charge < -0.3 is 4.74 Å². The Labute approximate surface area is 159 Å². The number of rotatable bonds is 2. The van der Waals surface area contributed by atoms with Crippen molar-refractivity contribution in [2.45, 2.75) is 43.0 Å². The molecule has 2 aliphatic rings. The second-order valence-corrected chi connectivity index (χ2v) is 10.1. The van der Waals surface area contributed by atoms with Gasteiger partial charge in [0.25, 0.3) is 10.8 Å². The number of amides is 1. The van der Waals surface area contributed by atoms with Gasteiger partial charge in [0, 0.05) is 7.05 Å². The summed E-state index contributed by atoms with van der Waals surface area (Å²) in [5, 5.41) is 13.9. The monoisotopic (exact) mass is 392 g/mol. The van der Waals surface area contributed by atoms with Crippen molar-refractivity contribution < 1.29 is 17.9 Å². The standard InChI is InChI=1S/C18H24N4O4S/c1-16(2)13-17(3,4)20-21-18(13,14(26-6)19-22(5)15(16)23)27(24,25)12-10-8-7-9-11-12/h7-11,13H,1-6H3. The Morgan fingerprint density at radius 2 is 1.67 bits per heavy atom. The number of hydrogen-bond donors (Lipinski definition) is 0. The number of sulfone groups is 1. The quantitative estimate of drug-likeness (QED) is 0.771. The Bertz CT molecular complexity index is 937. The summed E-state index contributed by atoms with van der Waals surface area (Å²) in [7, 11) is -1.32. The Hall–Kier alpha value is -2.29. The molecular weight excluding hydrogens is 368 g/mol. The van der Waals surface area contributed by atoms with Crippen molar-refractivity contribution in [1.29, 1.82) is 0 Å². The third kappa shape index (κ3) is 2.44. The minimum Gasteiger partial charge on any atom is -0.480 e. The first-order valence-electron chi connectivity index (χ1n) is 8.58. The zero-order valence-electron chi connectivity index (χ0n) is 16.3. The van der Waals surface area contributed by atoms with Crippen molar-refractivity contribution in [2.75, 3.05) is 14.2 Å². The van der Waals surface area contributed by atoms with Crippen molar-refractivity contribution in [2.24, 2.45) is 26.7 Å². The van der Waals surface area contributed by atoms with Crippen LogP contribution in [0.4, 0.5) is 0 Å². The van der Waals surface area contributed by atoms with E-state index < -0.39 is 31.6 Å². The van der Waals surface area contributed by atoms with E-state index in [0.29, 0.717) is 0 Å². The number of carbonyl (C=O) groups excluding carboxylic acids is 1. The zero-order chi connectivity index (χ0) is 20.3. The molecule has 0 saturated carbocycles. The van der Waals surface area contributed by atoms with Crippen LogP contribution in [-0.4, -0.2) is 49.8 Å². The van der Waals surface area contributed by atoms with Crippen LogP contribution in [-0.2, 0) is 19.4 Å². The summed E-state index contributed by atoms with van der Waals surface area (Å²) < 4.78 is 33.1. The fourth-order valence-electron chi connectivity index (χ4n) is 4.42. The van der Waals surface area contributed by atoms with Crippen LogP contribution in [0, 0.1) is 11.3 Å². The van der Waals surface area contributed by atoms with Gasteiger partial charge in [0.15, 0.2) is 0 Å². The average molecular weight is 392 g/mol. The van der Waals surface area contributed by atoms with Gasteiger partial charge in [-0.3, -0.25) is 4.79 Å². The van der Waals surface area contributed by atoms with E-state index in [9.17, 15) is 13.2 Å². The molecular formula is C18H24N4O4S. The highest BCUT2D eigenvalue weighted by Crippen LogP contribution is 2.56. The first kappa shape index (κ1) is 19.5. The molecule has 0 aromatic heterocycles. The fourth-order valence-corrected chi connectivity index (χ4v) is 6.69. The second kappa shape index (κ2) is 5.85. The lowest BCUT2D eigenvalue weighted by Crippen LogP contribution is -2.59. The molecule has 1 amide bonds. The molecule has 146 valence electrons. The first-order chi connectivity index (χ1) is 12.4. The van der Waals surface area contributed by atoms with Gasteiger partial charge in [0.1, 0.15) is 0 Å². The lowest BCUT2D eigenvalue weighted by molar-refractivity contribution is -0.142. The summed E-state index contributed by atoms with van der Waals surface area (Å²) in [6, 6.07) is 8.00. The van der Waals surface area contributed by atoms with E-state index >= 15 is 0 Å². The number of ether oxygens (including phenoxy) is 1. The Morgan fingerprint density at radius 1 is 1.07 bits per heavy atom. The number of hydrogen-bond acceptors (Lipinski definition) is 7. The molecule has 0 N–H and O–H groups in total. The Morgan fingerprint density at radius 3 is 2.22 bits per heavy atom. The third-order valence-electron chi connectivity index (χ3n) is 5.32. The minimum atomic E-state index is -4.13. The summed E-state index contributed by atoms with van der Waals surface area (Å²) in [6.07, 6.45) is 0. The molecule has 0 saturated heterocycles. The molecule has 1 aromatic carbocycles. The largest absolute Gasteiger partial charge is 0.480 e. The van der Waals surface area contributed by atoms with E-state index in [1.54, 1.807) is 45.9 Å². The van der Waals surface area contributed by atoms with Crippen LogP contribution in [0.15, 0.2) is 50.6 Å². The molecule has 0 bridgehead atoms. The molecule has 2 aliphatic heterocycles. The molecule has 8 nitrogen and oxygen atoms in total. The van der Waals surface area contributed by atoms with Gasteiger partial charge >= 0.3 is 0 Å². The molecule has 0 fully saturated rings. The number of fused-ring (bicyclic) bond motifs is 1. The van der Waals surface area contributed by atoms with E-state index in [0.717, 1.165) is 5.01 Å². The molecule has 3 rings (SSSR count). The first-order valence-corrected chi connectivity index (χ1v) is 10.1. The van der Waals surface area contributed by atoms with Gasteiger partial charge in [-0.05, 0) is 26.0 Å². The minimum absolute atomic E-state index is 0.0733. The number of carbonyl (C=O) groups is 1. The zero-order valence-corrected chi connectivity index (χ0v) is 17.1. The highest BCUT2D eigenvalue weighted by Gasteiger charge is 2.72. The van der Waals surface area contributed by atoms with Crippen LogP contribution in [0.3, 0.4) is 0 Å². The summed E-state index contributed by atoms with van der Waals surface area (Å²) in [4.78, 5) is 11.2. The van der Waals surface area contributed by atoms with Crippen molar-refractivity contribution in [3.05, 3.63) is 30.3 Å². The second-order valence-electron chi connectivity index (χ2n) is 7.96. The van der Waals surface area contributed by atoms with E-state index in [4.69, 9.17) is 4.74 Å². The summed E-state index contributed by atoms with van der Waals surface area (Å²) in [6.45, 7) is 6.96. The van der Waals surface area contributed by atoms with Crippen LogP contribution < -0.4 is 0 Å². The molecule has 2 unspecified atom stereocenters. The van der Waals surface area contributed by atoms with E-state index in [1.807, 2.05) is 0 Å². The van der Waals surface area contributed by atoms with E-state index in [-0.39, 0.29) is 16.7 Å². The molecule has 9 heteroatoms. The maximum Gasteiger partial charge on any atom is 0.268 e. The van der Waals surface area contributed by atoms with Crippen molar-refractivity contribution >= 4 is 21.6 Å². The van der Waals surface area contributed by atoms with Crippen LogP contribution in [0.5, 0.6) is 0 Å². The van der Waals surface area contributed by atoms with Gasteiger partial charge in [-0.1, -0.05) is 32.0 Å². The number of methoxy groups -OCH3 is 1. The Balaban J connectivity index is 2.43. The summed E-state index contributed by atoms with van der Waals surface area (Å²) in [5.74, 6) is -1.31. The Kier molecular flexibility index (Phi) is 4.22. The summed E-state index contributed by atoms with van der Waals surface area (Å²) in [5.41, 5.74) is -2.04. The van der Waals surface area contributed by atoms with Gasteiger partial charge in [-0.15, -0.1) is 5.10 Å². The van der Waals surface area contributed by atoms with Gasteiger partial charge in [0.05, 0.1) is 28.9 Å². The van der Waals surface area contributed by atoms with E-state index in [2.05, 4.69) is 15.3 Å². The van der Waals surface area contributed by atoms with E-state index in [1.165, 1.54) is 26.3 Å². The molecule has 0 spiro atoms. The van der Waals surface area contributed by atoms with Crippen LogP contribution >= 0.6 is 0 Å². The molecule has 2 atom stereocenters. The maximum atomic E-state index is 13.9. The average Bonchev–Trinajstić information content (AvgIpc) is 2.89. The lowest BCUT2D eigenvalue weighted by atomic mass is 9.66. The molecule has 2 heterocycles. The topological polar surface area (TPSA) is 101 Å². The van der Waals surface area contributed by atoms with Crippen molar-refractivity contribution in [3.8, 4) is 0 Å². The number of benzene rings is 1. The number of hydrazone groups is 1. The lowest BCUT2D eigenvalue weighted by Gasteiger charge is -2.42. The van der Waals surface area contributed by atoms with Crippen LogP contribution in [0.2, 0.25) is 0 Å². The van der Waals surface area contributed by atoms with Crippen molar-refractivity contribution in [3.63, 3.8) is 0 Å². The number of azo groups is 1. The number of nitrogens with zero attached hydrogens (tertiary/aromatic N) is 4. The highest BCUT2D eigenvalue weighted by atomic mass is 32.2. The van der Waals surface area contributed by atoms with Gasteiger partial charge in [-0.25, -0.2) is 13.4 Å². The molecule has 0 aliphatic carbocycles. The third-order valence-corrected chi connectivity index (χ3v) is 7.53. The van der Waals surface area contributed by atoms with Gasteiger partial charge in [0.2, 0.25) is 15.7 Å². The molecule has 1 aromatic rings. The maximum absolute atomic E-state index is 13.9. The predicted molar refractivity (Wildman–Crippen MR) is 99.8 cm³/mol. The summed E-state index contributed by atoms with van der Waals surface area (Å²) >= 11 is 0. The van der Waals surface area contributed by atoms with Gasteiger partial charge in [-0.2, -0.15) is 10.2 Å². The van der Waals surface area contributed by atoms with Crippen LogP contribution in [0.1, 0.15) is 27.7 Å². The van der Waals surface area contributed by atoms with Crippen molar-refractivity contribution in [1.82, 2.24) is 5.01 Å². The predicted octanol–water partition coefficient (Wildman–Crippen LogP) is 2.48. The molecule has 27 heavy (non-hydrogen) atoms. The normalized spacial score (nSPS) is 29.1. The smallest absolute Gasteiger partial charge is 0.268 e. The fraction of sp³-hybridized carbons (Fsp3) is 0.556. The van der Waals surface area contributed by atoms with Crippen LogP contribution in [0.25, 0.3) is 0 Å². The molecule has 0 radical (unpaired) electrons. The highest BCUT2D eigenvalue weighted by molar-refractivity contribution is 7.93.